The molecule has 2 fully saturated rings. The lowest BCUT2D eigenvalue weighted by Crippen LogP contribution is -2.47. The zero-order valence-electron chi connectivity index (χ0n) is 11.8. The number of rotatable bonds is 6. The highest BCUT2D eigenvalue weighted by Gasteiger charge is 2.38. The lowest BCUT2D eigenvalue weighted by Gasteiger charge is -2.27. The summed E-state index contributed by atoms with van der Waals surface area (Å²) in [5.74, 6) is 0.0259. The third kappa shape index (κ3) is 4.55. The van der Waals surface area contributed by atoms with Gasteiger partial charge in [0.1, 0.15) is 6.17 Å². The van der Waals surface area contributed by atoms with Crippen LogP contribution in [0.2, 0.25) is 0 Å². The van der Waals surface area contributed by atoms with Crippen LogP contribution >= 0.6 is 12.4 Å². The predicted octanol–water partition coefficient (Wildman–Crippen LogP) is 0.762. The third-order valence-corrected chi connectivity index (χ3v) is 3.75. The zero-order valence-corrected chi connectivity index (χ0v) is 12.7. The molecule has 2 rings (SSSR count). The van der Waals surface area contributed by atoms with Crippen molar-refractivity contribution in [2.45, 2.75) is 37.5 Å². The number of nitrogens with zero attached hydrogens (tertiary/aromatic N) is 1. The first-order chi connectivity index (χ1) is 9.22. The molecule has 0 spiro atoms. The molecule has 0 unspecified atom stereocenters. The highest BCUT2D eigenvalue weighted by molar-refractivity contribution is 5.85. The van der Waals surface area contributed by atoms with Gasteiger partial charge < -0.3 is 19.7 Å². The highest BCUT2D eigenvalue weighted by atomic mass is 35.5. The van der Waals surface area contributed by atoms with Crippen LogP contribution in [0.1, 0.15) is 19.3 Å². The van der Waals surface area contributed by atoms with Crippen LogP contribution in [0, 0.1) is 0 Å². The van der Waals surface area contributed by atoms with E-state index in [1.165, 1.54) is 0 Å². The molecular weight excluding hydrogens is 287 g/mol. The number of ether oxygens (including phenoxy) is 2. The lowest BCUT2D eigenvalue weighted by atomic mass is 10.2. The molecule has 0 radical (unpaired) electrons. The summed E-state index contributed by atoms with van der Waals surface area (Å²) in [7, 11) is 1.61. The first kappa shape index (κ1) is 17.6. The second-order valence-corrected chi connectivity index (χ2v) is 5.19. The number of nitrogens with one attached hydrogen (secondary N) is 1. The van der Waals surface area contributed by atoms with Crippen molar-refractivity contribution >= 4 is 18.3 Å². The number of amides is 1. The van der Waals surface area contributed by atoms with Crippen molar-refractivity contribution in [2.24, 2.45) is 0 Å². The van der Waals surface area contributed by atoms with E-state index in [2.05, 4.69) is 5.32 Å². The first-order valence-corrected chi connectivity index (χ1v) is 6.97. The normalized spacial score (nSPS) is 29.5. The van der Waals surface area contributed by atoms with E-state index in [-0.39, 0.29) is 36.9 Å². The number of carbonyl (C=O) groups excluding carboxylic acids is 1. The average Bonchev–Trinajstić information content (AvgIpc) is 3.03. The van der Waals surface area contributed by atoms with E-state index in [1.807, 2.05) is 0 Å². The molecule has 0 saturated carbocycles. The Morgan fingerprint density at radius 2 is 2.25 bits per heavy atom. The largest absolute Gasteiger partial charge is 0.382 e. The lowest BCUT2D eigenvalue weighted by molar-refractivity contribution is -0.135. The number of carbonyl (C=O) groups is 1. The van der Waals surface area contributed by atoms with Crippen molar-refractivity contribution < 1.29 is 18.7 Å². The molecule has 1 amide bonds. The van der Waals surface area contributed by atoms with Gasteiger partial charge in [0.05, 0.1) is 38.4 Å². The van der Waals surface area contributed by atoms with Crippen LogP contribution in [0.3, 0.4) is 0 Å². The summed E-state index contributed by atoms with van der Waals surface area (Å²) >= 11 is 0. The van der Waals surface area contributed by atoms with E-state index in [1.54, 1.807) is 12.0 Å². The summed E-state index contributed by atoms with van der Waals surface area (Å²) in [6.07, 6.45) is 1.31. The van der Waals surface area contributed by atoms with Crippen LogP contribution < -0.4 is 5.32 Å². The maximum atomic E-state index is 13.6. The molecule has 2 saturated heterocycles. The number of halogens is 2. The molecule has 3 atom stereocenters. The summed E-state index contributed by atoms with van der Waals surface area (Å²) in [5, 5.41) is 3.17. The number of hydrogen-bond acceptors (Lipinski definition) is 4. The molecule has 5 nitrogen and oxygen atoms in total. The molecule has 7 heteroatoms. The maximum absolute atomic E-state index is 13.6. The van der Waals surface area contributed by atoms with E-state index < -0.39 is 6.17 Å². The van der Waals surface area contributed by atoms with Gasteiger partial charge in [0.2, 0.25) is 5.91 Å². The third-order valence-electron chi connectivity index (χ3n) is 3.75. The average molecular weight is 311 g/mol. The standard InChI is InChI=1S/C13H23FN2O3.ClH/c1-18-5-6-19-9-11-7-10(14)8-16(11)13(17)12-3-2-4-15-12;/h10-12,15H,2-9H2,1H3;1H/t10-,11-,12-;/m0./s1. The van der Waals surface area contributed by atoms with Gasteiger partial charge in [-0.25, -0.2) is 4.39 Å². The Balaban J connectivity index is 0.00000200. The topological polar surface area (TPSA) is 50.8 Å². The summed E-state index contributed by atoms with van der Waals surface area (Å²) in [6.45, 7) is 2.47. The molecular formula is C13H24ClFN2O3. The van der Waals surface area contributed by atoms with Gasteiger partial charge in [-0.2, -0.15) is 0 Å². The number of methoxy groups -OCH3 is 1. The van der Waals surface area contributed by atoms with Crippen molar-refractivity contribution in [3.05, 3.63) is 0 Å². The first-order valence-electron chi connectivity index (χ1n) is 6.97. The van der Waals surface area contributed by atoms with E-state index in [0.29, 0.717) is 26.2 Å². The van der Waals surface area contributed by atoms with Crippen LogP contribution in [0.5, 0.6) is 0 Å². The van der Waals surface area contributed by atoms with Crippen LogP contribution in [-0.2, 0) is 14.3 Å². The van der Waals surface area contributed by atoms with Gasteiger partial charge in [-0.3, -0.25) is 4.79 Å². The van der Waals surface area contributed by atoms with E-state index in [4.69, 9.17) is 9.47 Å². The van der Waals surface area contributed by atoms with Gasteiger partial charge in [0.25, 0.3) is 0 Å². The molecule has 2 aliphatic rings. The highest BCUT2D eigenvalue weighted by Crippen LogP contribution is 2.23. The van der Waals surface area contributed by atoms with E-state index in [0.717, 1.165) is 19.4 Å². The second kappa shape index (κ2) is 8.77. The number of likely N-dealkylation sites (tertiary alicyclic amines) is 1. The summed E-state index contributed by atoms with van der Waals surface area (Å²) < 4.78 is 23.9. The van der Waals surface area contributed by atoms with Gasteiger partial charge in [0.15, 0.2) is 0 Å². The summed E-state index contributed by atoms with van der Waals surface area (Å²) in [6, 6.07) is -0.270. The van der Waals surface area contributed by atoms with Crippen molar-refractivity contribution in [3.8, 4) is 0 Å². The number of alkyl halides is 1. The fraction of sp³-hybridized carbons (Fsp3) is 0.923. The molecule has 20 heavy (non-hydrogen) atoms. The minimum Gasteiger partial charge on any atom is -0.382 e. The molecule has 2 heterocycles. The van der Waals surface area contributed by atoms with Gasteiger partial charge >= 0.3 is 0 Å². The van der Waals surface area contributed by atoms with Gasteiger partial charge in [-0.05, 0) is 19.4 Å². The molecule has 0 bridgehead atoms. The fourth-order valence-corrected chi connectivity index (χ4v) is 2.74. The molecule has 118 valence electrons. The molecule has 2 aliphatic heterocycles. The Morgan fingerprint density at radius 3 is 2.90 bits per heavy atom. The van der Waals surface area contributed by atoms with Crippen molar-refractivity contribution in [3.63, 3.8) is 0 Å². The van der Waals surface area contributed by atoms with Crippen LogP contribution in [0.15, 0.2) is 0 Å². The summed E-state index contributed by atoms with van der Waals surface area (Å²) in [4.78, 5) is 14.0. The smallest absolute Gasteiger partial charge is 0.240 e. The van der Waals surface area contributed by atoms with Crippen molar-refractivity contribution in [1.29, 1.82) is 0 Å². The van der Waals surface area contributed by atoms with Gasteiger partial charge in [-0.15, -0.1) is 12.4 Å². The Kier molecular flexibility index (Phi) is 7.72. The Bertz CT molecular complexity index is 303. The Labute approximate surface area is 125 Å². The molecule has 0 aromatic heterocycles. The Morgan fingerprint density at radius 1 is 1.45 bits per heavy atom. The minimum atomic E-state index is -0.929. The molecule has 1 N–H and O–H groups in total. The van der Waals surface area contributed by atoms with Crippen molar-refractivity contribution in [2.75, 3.05) is 40.0 Å². The van der Waals surface area contributed by atoms with Crippen LogP contribution in [-0.4, -0.2) is 69.1 Å². The van der Waals surface area contributed by atoms with E-state index >= 15 is 0 Å². The quantitative estimate of drug-likeness (QED) is 0.736. The van der Waals surface area contributed by atoms with Crippen molar-refractivity contribution in [1.82, 2.24) is 10.2 Å². The molecule has 0 aromatic rings. The van der Waals surface area contributed by atoms with E-state index in [9.17, 15) is 9.18 Å². The van der Waals surface area contributed by atoms with Crippen LogP contribution in [0.4, 0.5) is 4.39 Å². The monoisotopic (exact) mass is 310 g/mol. The number of hydrogen-bond donors (Lipinski definition) is 1. The summed E-state index contributed by atoms with van der Waals surface area (Å²) in [5.41, 5.74) is 0. The van der Waals surface area contributed by atoms with Gasteiger partial charge in [0, 0.05) is 13.5 Å². The second-order valence-electron chi connectivity index (χ2n) is 5.19. The minimum absolute atomic E-state index is 0. The van der Waals surface area contributed by atoms with Gasteiger partial charge in [-0.1, -0.05) is 0 Å². The Hall–Kier alpha value is -0.430. The predicted molar refractivity (Wildman–Crippen MR) is 76.0 cm³/mol. The fourth-order valence-electron chi connectivity index (χ4n) is 2.74. The molecule has 0 aliphatic carbocycles. The zero-order chi connectivity index (χ0) is 13.7. The van der Waals surface area contributed by atoms with Crippen LogP contribution in [0.25, 0.3) is 0 Å². The molecule has 0 aromatic carbocycles. The maximum Gasteiger partial charge on any atom is 0.240 e. The SMILES string of the molecule is COCCOC[C@@H]1C[C@H](F)CN1C(=O)[C@@H]1CCCN1.Cl.